The summed E-state index contributed by atoms with van der Waals surface area (Å²) in [5, 5.41) is 2.59. The highest BCUT2D eigenvalue weighted by Crippen LogP contribution is 2.26. The smallest absolute Gasteiger partial charge is 0.318 e. The van der Waals surface area contributed by atoms with E-state index >= 15 is 0 Å². The Labute approximate surface area is 168 Å². The zero-order chi connectivity index (χ0) is 20.6. The van der Waals surface area contributed by atoms with E-state index in [1.807, 2.05) is 60.7 Å². The highest BCUT2D eigenvalue weighted by Gasteiger charge is 2.25. The number of carbonyl (C=O) groups excluding carboxylic acids is 3. The molecule has 0 saturated carbocycles. The second-order valence-electron chi connectivity index (χ2n) is 6.46. The van der Waals surface area contributed by atoms with Gasteiger partial charge in [-0.05, 0) is 23.3 Å². The number of ketones is 1. The zero-order valence-corrected chi connectivity index (χ0v) is 16.0. The fourth-order valence-corrected chi connectivity index (χ4v) is 2.88. The third-order valence-corrected chi connectivity index (χ3v) is 4.30. The lowest BCUT2D eigenvalue weighted by molar-refractivity contribution is -0.143. The lowest BCUT2D eigenvalue weighted by atomic mass is 9.91. The lowest BCUT2D eigenvalue weighted by Gasteiger charge is -2.16. The second kappa shape index (κ2) is 9.50. The first-order valence-electron chi connectivity index (χ1n) is 9.17. The minimum absolute atomic E-state index is 0.0779. The van der Waals surface area contributed by atoms with Crippen molar-refractivity contribution in [2.45, 2.75) is 19.4 Å². The van der Waals surface area contributed by atoms with Crippen LogP contribution < -0.4 is 5.32 Å². The Hall–Kier alpha value is -3.67. The van der Waals surface area contributed by atoms with E-state index < -0.39 is 24.3 Å². The molecule has 0 atom stereocenters. The molecule has 2 aromatic carbocycles. The largest absolute Gasteiger partial charge is 0.456 e. The summed E-state index contributed by atoms with van der Waals surface area (Å²) in [4.78, 5) is 36.1. The average molecular weight is 391 g/mol. The van der Waals surface area contributed by atoms with Crippen LogP contribution in [0.25, 0.3) is 0 Å². The molecule has 1 amide bonds. The van der Waals surface area contributed by atoms with E-state index in [0.29, 0.717) is 5.76 Å². The fraction of sp³-hybridized carbons (Fsp3) is 0.174. The van der Waals surface area contributed by atoms with Gasteiger partial charge in [-0.25, -0.2) is 0 Å². The Morgan fingerprint density at radius 1 is 0.897 bits per heavy atom. The van der Waals surface area contributed by atoms with Crippen LogP contribution in [-0.2, 0) is 20.9 Å². The van der Waals surface area contributed by atoms with Gasteiger partial charge in [0.1, 0.15) is 11.7 Å². The maximum atomic E-state index is 12.8. The number of carbonyl (C=O) groups is 3. The van der Waals surface area contributed by atoms with E-state index in [9.17, 15) is 14.4 Å². The zero-order valence-electron chi connectivity index (χ0n) is 16.0. The van der Waals surface area contributed by atoms with Crippen molar-refractivity contribution in [3.05, 3.63) is 95.4 Å². The molecule has 0 aliphatic heterocycles. The number of Topliss-reactive ketones (excluding diaryl/α,β-unsaturated/α-hetero) is 1. The summed E-state index contributed by atoms with van der Waals surface area (Å²) < 4.78 is 10.7. The van der Waals surface area contributed by atoms with E-state index in [1.165, 1.54) is 13.0 Å². The highest BCUT2D eigenvalue weighted by atomic mass is 16.5. The van der Waals surface area contributed by atoms with E-state index in [-0.39, 0.29) is 18.2 Å². The number of furan rings is 1. The summed E-state index contributed by atoms with van der Waals surface area (Å²) in [6.07, 6.45) is 0. The summed E-state index contributed by atoms with van der Waals surface area (Å²) in [7, 11) is 0. The molecular weight excluding hydrogens is 370 g/mol. The van der Waals surface area contributed by atoms with Crippen molar-refractivity contribution in [2.75, 3.05) is 6.61 Å². The van der Waals surface area contributed by atoms with Crippen LogP contribution in [0.2, 0.25) is 0 Å². The molecule has 1 N–H and O–H groups in total. The number of benzene rings is 2. The number of amides is 1. The summed E-state index contributed by atoms with van der Waals surface area (Å²) in [5.74, 6) is -1.27. The molecule has 0 unspecified atom stereocenters. The highest BCUT2D eigenvalue weighted by molar-refractivity contribution is 5.96. The van der Waals surface area contributed by atoms with Crippen molar-refractivity contribution in [1.82, 2.24) is 5.32 Å². The Balaban J connectivity index is 1.67. The molecule has 148 valence electrons. The summed E-state index contributed by atoms with van der Waals surface area (Å²) in [6, 6.07) is 21.6. The van der Waals surface area contributed by atoms with Crippen molar-refractivity contribution in [2.24, 2.45) is 0 Å². The van der Waals surface area contributed by atoms with Gasteiger partial charge in [-0.1, -0.05) is 60.7 Å². The molecule has 3 aromatic rings. The van der Waals surface area contributed by atoms with E-state index in [4.69, 9.17) is 9.15 Å². The molecule has 1 heterocycles. The van der Waals surface area contributed by atoms with Crippen molar-refractivity contribution in [3.8, 4) is 0 Å². The van der Waals surface area contributed by atoms with Gasteiger partial charge in [-0.15, -0.1) is 0 Å². The Morgan fingerprint density at radius 2 is 1.48 bits per heavy atom. The predicted molar refractivity (Wildman–Crippen MR) is 106 cm³/mol. The van der Waals surface area contributed by atoms with Gasteiger partial charge in [0.25, 0.3) is 0 Å². The van der Waals surface area contributed by atoms with Gasteiger partial charge in [0.05, 0.1) is 6.54 Å². The van der Waals surface area contributed by atoms with Crippen LogP contribution in [0.15, 0.2) is 77.2 Å². The van der Waals surface area contributed by atoms with Gasteiger partial charge in [-0.3, -0.25) is 14.4 Å². The molecule has 6 nitrogen and oxygen atoms in total. The quantitative estimate of drug-likeness (QED) is 0.469. The molecular formula is C23H21NO5. The molecule has 0 aliphatic rings. The minimum Gasteiger partial charge on any atom is -0.456 e. The molecule has 6 heteroatoms. The first-order valence-corrected chi connectivity index (χ1v) is 9.17. The molecule has 29 heavy (non-hydrogen) atoms. The van der Waals surface area contributed by atoms with E-state index in [0.717, 1.165) is 11.1 Å². The SMILES string of the molecule is CC(=O)NCc1ccc(C(=O)COC(=O)C(c2ccccc2)c2ccccc2)o1. The Morgan fingerprint density at radius 3 is 2.03 bits per heavy atom. The molecule has 0 bridgehead atoms. The van der Waals surface area contributed by atoms with Crippen LogP contribution in [0, 0.1) is 0 Å². The van der Waals surface area contributed by atoms with E-state index in [2.05, 4.69) is 5.32 Å². The van der Waals surface area contributed by atoms with Gasteiger partial charge in [0.2, 0.25) is 11.7 Å². The normalized spacial score (nSPS) is 10.6. The van der Waals surface area contributed by atoms with Gasteiger partial charge in [0.15, 0.2) is 12.4 Å². The van der Waals surface area contributed by atoms with Crippen molar-refractivity contribution >= 4 is 17.7 Å². The average Bonchev–Trinajstić information content (AvgIpc) is 3.21. The fourth-order valence-electron chi connectivity index (χ4n) is 2.88. The van der Waals surface area contributed by atoms with Crippen LogP contribution in [-0.4, -0.2) is 24.3 Å². The topological polar surface area (TPSA) is 85.6 Å². The van der Waals surface area contributed by atoms with Crippen molar-refractivity contribution < 1.29 is 23.5 Å². The first-order chi connectivity index (χ1) is 14.0. The molecule has 0 spiro atoms. The molecule has 0 aliphatic carbocycles. The third kappa shape index (κ3) is 5.42. The van der Waals surface area contributed by atoms with Crippen LogP contribution in [0.3, 0.4) is 0 Å². The second-order valence-corrected chi connectivity index (χ2v) is 6.46. The van der Waals surface area contributed by atoms with Gasteiger partial charge in [-0.2, -0.15) is 0 Å². The summed E-state index contributed by atoms with van der Waals surface area (Å²) >= 11 is 0. The Kier molecular flexibility index (Phi) is 6.58. The summed E-state index contributed by atoms with van der Waals surface area (Å²) in [6.45, 7) is 1.15. The number of nitrogens with one attached hydrogen (secondary N) is 1. The monoisotopic (exact) mass is 391 g/mol. The van der Waals surface area contributed by atoms with E-state index in [1.54, 1.807) is 6.07 Å². The van der Waals surface area contributed by atoms with Crippen molar-refractivity contribution in [1.29, 1.82) is 0 Å². The standard InChI is InChI=1S/C23H21NO5/c1-16(25)24-14-19-12-13-21(29-19)20(26)15-28-23(27)22(17-8-4-2-5-9-17)18-10-6-3-7-11-18/h2-13,22H,14-15H2,1H3,(H,24,25). The maximum Gasteiger partial charge on any atom is 0.318 e. The van der Waals surface area contributed by atoms with Gasteiger partial charge < -0.3 is 14.5 Å². The molecule has 0 saturated heterocycles. The molecule has 0 radical (unpaired) electrons. The van der Waals surface area contributed by atoms with Crippen LogP contribution in [0.4, 0.5) is 0 Å². The number of esters is 1. The van der Waals surface area contributed by atoms with Crippen molar-refractivity contribution in [3.63, 3.8) is 0 Å². The van der Waals surface area contributed by atoms with Crippen LogP contribution >= 0.6 is 0 Å². The molecule has 3 rings (SSSR count). The molecule has 0 fully saturated rings. The third-order valence-electron chi connectivity index (χ3n) is 4.30. The van der Waals surface area contributed by atoms with Gasteiger partial charge in [0, 0.05) is 6.92 Å². The van der Waals surface area contributed by atoms with Crippen LogP contribution in [0.5, 0.6) is 0 Å². The number of ether oxygens (including phenoxy) is 1. The van der Waals surface area contributed by atoms with Gasteiger partial charge >= 0.3 is 5.97 Å². The minimum atomic E-state index is -0.628. The number of hydrogen-bond donors (Lipinski definition) is 1. The maximum absolute atomic E-state index is 12.8. The number of hydrogen-bond acceptors (Lipinski definition) is 5. The lowest BCUT2D eigenvalue weighted by Crippen LogP contribution is -2.21. The molecule has 1 aromatic heterocycles. The number of rotatable bonds is 8. The summed E-state index contributed by atoms with van der Waals surface area (Å²) in [5.41, 5.74) is 1.57. The Bertz CT molecular complexity index is 939. The predicted octanol–water partition coefficient (Wildman–Crippen LogP) is 3.47. The first kappa shape index (κ1) is 20.1. The van der Waals surface area contributed by atoms with Crippen LogP contribution in [0.1, 0.15) is 40.3 Å².